The zero-order valence-corrected chi connectivity index (χ0v) is 18.1. The average Bonchev–Trinajstić information content (AvgIpc) is 3.19. The molecule has 2 fully saturated rings. The van der Waals surface area contributed by atoms with Gasteiger partial charge in [0, 0.05) is 33.8 Å². The van der Waals surface area contributed by atoms with E-state index in [1.54, 1.807) is 22.7 Å². The van der Waals surface area contributed by atoms with Crippen LogP contribution >= 0.6 is 35.0 Å². The molecule has 1 spiro atoms. The maximum atomic E-state index is 13.9. The van der Waals surface area contributed by atoms with E-state index in [-0.39, 0.29) is 17.7 Å². The van der Waals surface area contributed by atoms with Crippen LogP contribution in [0, 0.1) is 5.92 Å². The number of hydrogen-bond donors (Lipinski definition) is 0. The summed E-state index contributed by atoms with van der Waals surface area (Å²) in [7, 11) is 0. The first-order valence-corrected chi connectivity index (χ1v) is 11.6. The molecule has 2 aliphatic heterocycles. The van der Waals surface area contributed by atoms with Crippen LogP contribution < -0.4 is 4.90 Å². The van der Waals surface area contributed by atoms with Crippen molar-refractivity contribution in [2.75, 3.05) is 17.2 Å². The Hall–Kier alpha value is -1.69. The molecular weight excluding hydrogens is 427 g/mol. The molecule has 1 saturated heterocycles. The second-order valence-corrected chi connectivity index (χ2v) is 9.89. The van der Waals surface area contributed by atoms with Crippen molar-refractivity contribution in [3.05, 3.63) is 63.6 Å². The fraction of sp³-hybridized carbons (Fsp3) is 0.364. The summed E-state index contributed by atoms with van der Waals surface area (Å²) in [6, 6.07) is 13.1. The molecule has 5 rings (SSSR count). The van der Waals surface area contributed by atoms with E-state index in [1.807, 2.05) is 41.3 Å². The number of hydrogen-bond acceptors (Lipinski definition) is 3. The lowest BCUT2D eigenvalue weighted by Gasteiger charge is -2.37. The minimum absolute atomic E-state index is 0.0404. The van der Waals surface area contributed by atoms with Crippen molar-refractivity contribution in [1.29, 1.82) is 0 Å². The van der Waals surface area contributed by atoms with Crippen molar-refractivity contribution in [1.82, 2.24) is 4.90 Å². The van der Waals surface area contributed by atoms with Crippen LogP contribution in [-0.4, -0.2) is 29.0 Å². The van der Waals surface area contributed by atoms with E-state index in [2.05, 4.69) is 0 Å². The van der Waals surface area contributed by atoms with Crippen LogP contribution in [0.3, 0.4) is 0 Å². The number of fused-ring (bicyclic) bond motifs is 2. The fourth-order valence-corrected chi connectivity index (χ4v) is 6.26. The van der Waals surface area contributed by atoms with Crippen LogP contribution in [0.2, 0.25) is 10.0 Å². The van der Waals surface area contributed by atoms with Gasteiger partial charge in [-0.3, -0.25) is 9.59 Å². The predicted octanol–water partition coefficient (Wildman–Crippen LogP) is 5.07. The van der Waals surface area contributed by atoms with E-state index < -0.39 is 4.87 Å². The zero-order valence-electron chi connectivity index (χ0n) is 15.7. The third-order valence-electron chi connectivity index (χ3n) is 6.16. The molecule has 3 aliphatic rings. The average molecular weight is 447 g/mol. The Balaban J connectivity index is 1.60. The predicted molar refractivity (Wildman–Crippen MR) is 117 cm³/mol. The van der Waals surface area contributed by atoms with E-state index in [9.17, 15) is 9.59 Å². The van der Waals surface area contributed by atoms with E-state index in [4.69, 9.17) is 23.2 Å². The molecule has 1 unspecified atom stereocenters. The standard InChI is InChI=1S/C22H20Cl2N2O2S/c23-16-8-9-19-17(12-16)22(26(10-11-29-22)20(27)14-5-3-6-14)21(28)25(19)13-15-4-1-2-7-18(15)24/h1-2,4,7-9,12,14H,3,5-6,10-11,13H2. The third kappa shape index (κ3) is 2.89. The van der Waals surface area contributed by atoms with Gasteiger partial charge in [0.25, 0.3) is 5.91 Å². The number of halogens is 2. The van der Waals surface area contributed by atoms with Gasteiger partial charge in [0.15, 0.2) is 4.87 Å². The van der Waals surface area contributed by atoms with Crippen LogP contribution in [0.4, 0.5) is 5.69 Å². The highest BCUT2D eigenvalue weighted by Gasteiger charge is 2.60. The number of rotatable bonds is 3. The summed E-state index contributed by atoms with van der Waals surface area (Å²) >= 11 is 14.2. The number of carbonyl (C=O) groups excluding carboxylic acids is 2. The molecule has 0 N–H and O–H groups in total. The van der Waals surface area contributed by atoms with Crippen LogP contribution in [0.25, 0.3) is 0 Å². The van der Waals surface area contributed by atoms with Gasteiger partial charge in [-0.15, -0.1) is 11.8 Å². The van der Waals surface area contributed by atoms with E-state index >= 15 is 0 Å². The van der Waals surface area contributed by atoms with Gasteiger partial charge < -0.3 is 9.80 Å². The molecule has 0 bridgehead atoms. The van der Waals surface area contributed by atoms with E-state index in [1.165, 1.54) is 0 Å². The number of anilines is 1. The summed E-state index contributed by atoms with van der Waals surface area (Å²) in [5, 5.41) is 1.19. The van der Waals surface area contributed by atoms with Gasteiger partial charge in [-0.05, 0) is 42.7 Å². The van der Waals surface area contributed by atoms with Crippen molar-refractivity contribution in [3.63, 3.8) is 0 Å². The van der Waals surface area contributed by atoms with Crippen LogP contribution in [0.5, 0.6) is 0 Å². The van der Waals surface area contributed by atoms with Gasteiger partial charge in [-0.25, -0.2) is 0 Å². The largest absolute Gasteiger partial charge is 0.315 e. The SMILES string of the molecule is O=C(C1CCC1)N1CCSC12C(=O)N(Cc1ccccc1Cl)c1ccc(Cl)cc12. The van der Waals surface area contributed by atoms with E-state index in [0.717, 1.165) is 41.8 Å². The van der Waals surface area contributed by atoms with Crippen molar-refractivity contribution >= 4 is 52.5 Å². The lowest BCUT2D eigenvalue weighted by molar-refractivity contribution is -0.145. The highest BCUT2D eigenvalue weighted by Crippen LogP contribution is 2.55. The molecule has 0 radical (unpaired) electrons. The molecule has 2 aromatic rings. The monoisotopic (exact) mass is 446 g/mol. The van der Waals surface area contributed by atoms with E-state index in [0.29, 0.717) is 23.1 Å². The first kappa shape index (κ1) is 19.3. The Kier molecular flexibility index (Phi) is 4.80. The summed E-state index contributed by atoms with van der Waals surface area (Å²) in [6.45, 7) is 0.943. The summed E-state index contributed by atoms with van der Waals surface area (Å²) in [4.78, 5) is 29.7. The van der Waals surface area contributed by atoms with Gasteiger partial charge in [-0.1, -0.05) is 47.8 Å². The van der Waals surface area contributed by atoms with Gasteiger partial charge in [-0.2, -0.15) is 0 Å². The Bertz CT molecular complexity index is 1010. The first-order valence-electron chi connectivity index (χ1n) is 9.83. The molecule has 4 nitrogen and oxygen atoms in total. The van der Waals surface area contributed by atoms with Crippen LogP contribution in [0.15, 0.2) is 42.5 Å². The minimum atomic E-state index is -1.02. The van der Waals surface area contributed by atoms with Crippen molar-refractivity contribution < 1.29 is 9.59 Å². The molecule has 2 heterocycles. The Morgan fingerprint density at radius 3 is 2.69 bits per heavy atom. The summed E-state index contributed by atoms with van der Waals surface area (Å²) < 4.78 is 0. The van der Waals surface area contributed by atoms with Gasteiger partial charge in [0.05, 0.1) is 12.2 Å². The van der Waals surface area contributed by atoms with Crippen molar-refractivity contribution in [2.24, 2.45) is 5.92 Å². The molecule has 1 aliphatic carbocycles. The Morgan fingerprint density at radius 2 is 1.97 bits per heavy atom. The minimum Gasteiger partial charge on any atom is -0.315 e. The van der Waals surface area contributed by atoms with Crippen molar-refractivity contribution in [3.8, 4) is 0 Å². The number of nitrogens with zero attached hydrogens (tertiary/aromatic N) is 2. The highest BCUT2D eigenvalue weighted by atomic mass is 35.5. The second kappa shape index (κ2) is 7.22. The maximum Gasteiger partial charge on any atom is 0.268 e. The topological polar surface area (TPSA) is 40.6 Å². The lowest BCUT2D eigenvalue weighted by Crippen LogP contribution is -2.52. The molecule has 0 aromatic heterocycles. The quantitative estimate of drug-likeness (QED) is 0.660. The summed E-state index contributed by atoms with van der Waals surface area (Å²) in [5.74, 6) is 0.791. The fourth-order valence-electron chi connectivity index (χ4n) is 4.44. The van der Waals surface area contributed by atoms with Crippen LogP contribution in [-0.2, 0) is 21.0 Å². The second-order valence-electron chi connectivity index (χ2n) is 7.75. The number of benzene rings is 2. The van der Waals surface area contributed by atoms with Gasteiger partial charge in [0.1, 0.15) is 0 Å². The molecule has 150 valence electrons. The zero-order chi connectivity index (χ0) is 20.2. The summed E-state index contributed by atoms with van der Waals surface area (Å²) in [6.07, 6.45) is 2.91. The molecule has 7 heteroatoms. The third-order valence-corrected chi connectivity index (χ3v) is 8.19. The van der Waals surface area contributed by atoms with Gasteiger partial charge >= 0.3 is 0 Å². The molecular formula is C22H20Cl2N2O2S. The number of thioether (sulfide) groups is 1. The lowest BCUT2D eigenvalue weighted by atomic mass is 9.84. The van der Waals surface area contributed by atoms with Crippen molar-refractivity contribution in [2.45, 2.75) is 30.7 Å². The molecule has 29 heavy (non-hydrogen) atoms. The number of amides is 2. The normalized spacial score (nSPS) is 23.6. The van der Waals surface area contributed by atoms with Gasteiger partial charge in [0.2, 0.25) is 5.91 Å². The molecule has 2 aromatic carbocycles. The first-order chi connectivity index (χ1) is 14.0. The molecule has 1 atom stereocenters. The molecule has 1 saturated carbocycles. The smallest absolute Gasteiger partial charge is 0.268 e. The Morgan fingerprint density at radius 1 is 1.17 bits per heavy atom. The molecule has 2 amide bonds. The van der Waals surface area contributed by atoms with Crippen LogP contribution in [0.1, 0.15) is 30.4 Å². The Labute approximate surface area is 184 Å². The number of carbonyl (C=O) groups is 2. The maximum absolute atomic E-state index is 13.9. The highest BCUT2D eigenvalue weighted by molar-refractivity contribution is 8.01. The summed E-state index contributed by atoms with van der Waals surface area (Å²) in [5.41, 5.74) is 2.50.